The van der Waals surface area contributed by atoms with Gasteiger partial charge in [0.1, 0.15) is 0 Å². The summed E-state index contributed by atoms with van der Waals surface area (Å²) in [7, 11) is 3.37. The number of benzene rings is 1. The molecule has 3 heteroatoms. The fraction of sp³-hybridized carbons (Fsp3) is 0.500. The molecule has 3 nitrogen and oxygen atoms in total. The summed E-state index contributed by atoms with van der Waals surface area (Å²) in [5.41, 5.74) is 2.05. The summed E-state index contributed by atoms with van der Waals surface area (Å²) in [5.74, 6) is -0.0971. The number of methoxy groups -OCH3 is 1. The van der Waals surface area contributed by atoms with Crippen molar-refractivity contribution < 1.29 is 9.53 Å². The molecule has 1 aliphatic rings. The number of rotatable bonds is 4. The maximum Gasteiger partial charge on any atom is 0.313 e. The Balaban J connectivity index is 2.35. The van der Waals surface area contributed by atoms with Gasteiger partial charge in [-0.25, -0.2) is 0 Å². The van der Waals surface area contributed by atoms with Gasteiger partial charge in [0.25, 0.3) is 0 Å². The SMILES string of the molecule is CNC(c1ccccc1C)C1(C(=O)OC)CC1. The van der Waals surface area contributed by atoms with Crippen molar-refractivity contribution in [1.29, 1.82) is 0 Å². The van der Waals surface area contributed by atoms with Crippen LogP contribution in [0.2, 0.25) is 0 Å². The Morgan fingerprint density at radius 3 is 2.53 bits per heavy atom. The normalized spacial score (nSPS) is 18.5. The van der Waals surface area contributed by atoms with Crippen LogP contribution in [0, 0.1) is 12.3 Å². The van der Waals surface area contributed by atoms with Crippen LogP contribution in [0.3, 0.4) is 0 Å². The Bertz CT molecular complexity index is 424. The zero-order valence-corrected chi connectivity index (χ0v) is 10.6. The Hall–Kier alpha value is -1.35. The fourth-order valence-electron chi connectivity index (χ4n) is 2.59. The number of aryl methyl sites for hydroxylation is 1. The van der Waals surface area contributed by atoms with Crippen LogP contribution in [0.15, 0.2) is 24.3 Å². The molecule has 0 aliphatic heterocycles. The lowest BCUT2D eigenvalue weighted by Gasteiger charge is -2.26. The minimum absolute atomic E-state index is 0.0520. The van der Waals surface area contributed by atoms with E-state index in [1.165, 1.54) is 18.2 Å². The van der Waals surface area contributed by atoms with Crippen LogP contribution in [-0.4, -0.2) is 20.1 Å². The molecule has 1 saturated carbocycles. The van der Waals surface area contributed by atoms with Gasteiger partial charge in [0.05, 0.1) is 12.5 Å². The Morgan fingerprint density at radius 2 is 2.06 bits per heavy atom. The zero-order valence-electron chi connectivity index (χ0n) is 10.6. The highest BCUT2D eigenvalue weighted by Gasteiger charge is 2.57. The Morgan fingerprint density at radius 1 is 1.41 bits per heavy atom. The fourth-order valence-corrected chi connectivity index (χ4v) is 2.59. The molecule has 1 atom stereocenters. The van der Waals surface area contributed by atoms with Crippen LogP contribution in [0.1, 0.15) is 30.0 Å². The van der Waals surface area contributed by atoms with E-state index in [0.717, 1.165) is 12.8 Å². The smallest absolute Gasteiger partial charge is 0.313 e. The molecule has 0 saturated heterocycles. The van der Waals surface area contributed by atoms with Crippen LogP contribution in [0.25, 0.3) is 0 Å². The third kappa shape index (κ3) is 1.95. The van der Waals surface area contributed by atoms with Crippen LogP contribution < -0.4 is 5.32 Å². The van der Waals surface area contributed by atoms with Gasteiger partial charge in [-0.3, -0.25) is 4.79 Å². The lowest BCUT2D eigenvalue weighted by molar-refractivity contribution is -0.148. The van der Waals surface area contributed by atoms with Gasteiger partial charge in [0.15, 0.2) is 0 Å². The van der Waals surface area contributed by atoms with E-state index in [9.17, 15) is 4.79 Å². The molecule has 0 aromatic heterocycles. The summed E-state index contributed by atoms with van der Waals surface area (Å²) in [5, 5.41) is 3.28. The van der Waals surface area contributed by atoms with Crippen LogP contribution >= 0.6 is 0 Å². The van der Waals surface area contributed by atoms with Gasteiger partial charge >= 0.3 is 5.97 Å². The van der Waals surface area contributed by atoms with Gasteiger partial charge in [0, 0.05) is 6.04 Å². The third-order valence-corrected chi connectivity index (χ3v) is 3.72. The van der Waals surface area contributed by atoms with Gasteiger partial charge in [-0.15, -0.1) is 0 Å². The summed E-state index contributed by atoms with van der Waals surface area (Å²) in [6.07, 6.45) is 1.80. The summed E-state index contributed by atoms with van der Waals surface area (Å²) in [4.78, 5) is 11.9. The van der Waals surface area contributed by atoms with Crippen molar-refractivity contribution >= 4 is 5.97 Å². The van der Waals surface area contributed by atoms with E-state index in [-0.39, 0.29) is 17.4 Å². The molecule has 0 bridgehead atoms. The molecule has 1 unspecified atom stereocenters. The average Bonchev–Trinajstić information content (AvgIpc) is 3.13. The van der Waals surface area contributed by atoms with E-state index in [1.54, 1.807) is 0 Å². The van der Waals surface area contributed by atoms with Crippen LogP contribution in [0.5, 0.6) is 0 Å². The monoisotopic (exact) mass is 233 g/mol. The van der Waals surface area contributed by atoms with E-state index >= 15 is 0 Å². The molecule has 0 radical (unpaired) electrons. The van der Waals surface area contributed by atoms with Gasteiger partial charge < -0.3 is 10.1 Å². The van der Waals surface area contributed by atoms with Gasteiger partial charge in [0.2, 0.25) is 0 Å². The van der Waals surface area contributed by atoms with Crippen LogP contribution in [0.4, 0.5) is 0 Å². The molecule has 17 heavy (non-hydrogen) atoms. The predicted molar refractivity (Wildman–Crippen MR) is 66.7 cm³/mol. The largest absolute Gasteiger partial charge is 0.469 e. The highest BCUT2D eigenvalue weighted by Crippen LogP contribution is 2.56. The quantitative estimate of drug-likeness (QED) is 0.810. The summed E-state index contributed by atoms with van der Waals surface area (Å²) < 4.78 is 4.94. The molecule has 0 heterocycles. The number of hydrogen-bond acceptors (Lipinski definition) is 3. The van der Waals surface area contributed by atoms with Crippen molar-refractivity contribution in [3.8, 4) is 0 Å². The van der Waals surface area contributed by atoms with Gasteiger partial charge in [-0.05, 0) is 37.9 Å². The van der Waals surface area contributed by atoms with E-state index in [1.807, 2.05) is 19.2 Å². The molecule has 1 aliphatic carbocycles. The van der Waals surface area contributed by atoms with Crippen molar-refractivity contribution in [2.24, 2.45) is 5.41 Å². The highest BCUT2D eigenvalue weighted by molar-refractivity contribution is 5.81. The Kier molecular flexibility index (Phi) is 3.20. The first-order valence-corrected chi connectivity index (χ1v) is 5.97. The number of nitrogens with one attached hydrogen (secondary N) is 1. The Labute approximate surface area is 102 Å². The molecular weight excluding hydrogens is 214 g/mol. The summed E-state index contributed by atoms with van der Waals surface area (Å²) in [6.45, 7) is 2.08. The topological polar surface area (TPSA) is 38.3 Å². The van der Waals surface area contributed by atoms with Crippen molar-refractivity contribution in [3.63, 3.8) is 0 Å². The maximum absolute atomic E-state index is 11.9. The van der Waals surface area contributed by atoms with Crippen molar-refractivity contribution in [1.82, 2.24) is 5.32 Å². The van der Waals surface area contributed by atoms with Crippen LogP contribution in [-0.2, 0) is 9.53 Å². The first-order chi connectivity index (χ1) is 8.15. The number of ether oxygens (including phenoxy) is 1. The number of hydrogen-bond donors (Lipinski definition) is 1. The summed E-state index contributed by atoms with van der Waals surface area (Å²) >= 11 is 0. The number of carbonyl (C=O) groups is 1. The number of carbonyl (C=O) groups excluding carboxylic acids is 1. The highest BCUT2D eigenvalue weighted by atomic mass is 16.5. The molecule has 1 fully saturated rings. The zero-order chi connectivity index (χ0) is 12.5. The average molecular weight is 233 g/mol. The second-order valence-electron chi connectivity index (χ2n) is 4.73. The molecule has 1 aromatic rings. The van der Waals surface area contributed by atoms with Gasteiger partial charge in [-0.2, -0.15) is 0 Å². The standard InChI is InChI=1S/C14H19NO2/c1-10-6-4-5-7-11(10)12(15-2)14(8-9-14)13(16)17-3/h4-7,12,15H,8-9H2,1-3H3. The molecule has 1 N–H and O–H groups in total. The molecule has 0 amide bonds. The van der Waals surface area contributed by atoms with Gasteiger partial charge in [-0.1, -0.05) is 24.3 Å². The maximum atomic E-state index is 11.9. The van der Waals surface area contributed by atoms with Crippen molar-refractivity contribution in [2.45, 2.75) is 25.8 Å². The lowest BCUT2D eigenvalue weighted by atomic mass is 9.88. The first kappa shape index (κ1) is 12.1. The number of esters is 1. The molecule has 2 rings (SSSR count). The van der Waals surface area contributed by atoms with E-state index in [4.69, 9.17) is 4.74 Å². The first-order valence-electron chi connectivity index (χ1n) is 5.97. The third-order valence-electron chi connectivity index (χ3n) is 3.72. The molecule has 1 aromatic carbocycles. The molecular formula is C14H19NO2. The van der Waals surface area contributed by atoms with Crippen molar-refractivity contribution in [3.05, 3.63) is 35.4 Å². The van der Waals surface area contributed by atoms with Crippen molar-refractivity contribution in [2.75, 3.05) is 14.2 Å². The predicted octanol–water partition coefficient (Wildman–Crippen LogP) is 2.21. The second kappa shape index (κ2) is 4.49. The molecule has 0 spiro atoms. The second-order valence-corrected chi connectivity index (χ2v) is 4.73. The molecule has 92 valence electrons. The lowest BCUT2D eigenvalue weighted by Crippen LogP contribution is -2.33. The minimum atomic E-state index is -0.352. The van der Waals surface area contributed by atoms with E-state index in [2.05, 4.69) is 24.4 Å². The summed E-state index contributed by atoms with van der Waals surface area (Å²) in [6, 6.07) is 8.24. The minimum Gasteiger partial charge on any atom is -0.469 e. The van der Waals surface area contributed by atoms with E-state index in [0.29, 0.717) is 0 Å². The van der Waals surface area contributed by atoms with E-state index < -0.39 is 0 Å².